The van der Waals surface area contributed by atoms with Gasteiger partial charge >= 0.3 is 0 Å². The summed E-state index contributed by atoms with van der Waals surface area (Å²) < 4.78 is 26.1. The van der Waals surface area contributed by atoms with Gasteiger partial charge < -0.3 is 38.7 Å². The maximum atomic E-state index is 14.2. The number of aryl methyl sites for hydroxylation is 1. The van der Waals surface area contributed by atoms with Crippen LogP contribution in [-0.4, -0.2) is 73.4 Å². The first-order valence-corrected chi connectivity index (χ1v) is 17.5. The first kappa shape index (κ1) is 33.8. The summed E-state index contributed by atoms with van der Waals surface area (Å²) in [7, 11) is 4.87. The van der Waals surface area contributed by atoms with E-state index in [4.69, 9.17) is 23.6 Å². The molecule has 0 saturated carbocycles. The van der Waals surface area contributed by atoms with E-state index in [1.165, 1.54) is 0 Å². The number of hydrogen-bond acceptors (Lipinski definition) is 8. The molecule has 2 atom stereocenters. The molecule has 4 heterocycles. The molecular formula is C40H47N5O5. The highest BCUT2D eigenvalue weighted by molar-refractivity contribution is 5.91. The Kier molecular flexibility index (Phi) is 9.68. The van der Waals surface area contributed by atoms with E-state index in [2.05, 4.69) is 44.4 Å². The van der Waals surface area contributed by atoms with Crippen molar-refractivity contribution in [3.05, 3.63) is 114 Å². The Hall–Kier alpha value is -4.64. The molecule has 2 aliphatic rings. The van der Waals surface area contributed by atoms with Gasteiger partial charge in [0.05, 0.1) is 41.7 Å². The van der Waals surface area contributed by atoms with Crippen LogP contribution in [0.2, 0.25) is 0 Å². The molecule has 3 aromatic carbocycles. The van der Waals surface area contributed by atoms with Gasteiger partial charge in [-0.3, -0.25) is 4.79 Å². The Labute approximate surface area is 293 Å². The predicted molar refractivity (Wildman–Crippen MR) is 193 cm³/mol. The lowest BCUT2D eigenvalue weighted by Crippen LogP contribution is -2.49. The van der Waals surface area contributed by atoms with Gasteiger partial charge in [0.1, 0.15) is 17.3 Å². The Morgan fingerprint density at radius 3 is 2.38 bits per heavy atom. The zero-order chi connectivity index (χ0) is 34.7. The van der Waals surface area contributed by atoms with Crippen molar-refractivity contribution in [3.8, 4) is 5.75 Å². The fourth-order valence-corrected chi connectivity index (χ4v) is 8.00. The second-order valence-electron chi connectivity index (χ2n) is 13.5. The Bertz CT molecular complexity index is 1910. The van der Waals surface area contributed by atoms with Gasteiger partial charge in [-0.15, -0.1) is 0 Å². The van der Waals surface area contributed by atoms with Crippen molar-refractivity contribution in [2.45, 2.75) is 62.4 Å². The second kappa shape index (κ2) is 14.3. The minimum absolute atomic E-state index is 0.00993. The molecule has 0 bridgehead atoms. The van der Waals surface area contributed by atoms with Gasteiger partial charge in [-0.05, 0) is 81.1 Å². The molecule has 2 aliphatic heterocycles. The average Bonchev–Trinajstić information content (AvgIpc) is 3.84. The van der Waals surface area contributed by atoms with Crippen LogP contribution < -0.4 is 15.4 Å². The number of benzene rings is 3. The number of hydrogen-bond donors (Lipinski definition) is 2. The van der Waals surface area contributed by atoms with Crippen LogP contribution in [0.3, 0.4) is 0 Å². The average molecular weight is 678 g/mol. The normalized spacial score (nSPS) is 20.3. The number of carbonyl (C=O) groups is 1. The molecule has 0 spiro atoms. The molecule has 10 nitrogen and oxygen atoms in total. The number of anilines is 1. The molecule has 1 amide bonds. The monoisotopic (exact) mass is 677 g/mol. The van der Waals surface area contributed by atoms with Crippen molar-refractivity contribution in [1.82, 2.24) is 19.8 Å². The van der Waals surface area contributed by atoms with Gasteiger partial charge in [0.15, 0.2) is 0 Å². The summed E-state index contributed by atoms with van der Waals surface area (Å²) in [6.07, 6.45) is 3.13. The number of likely N-dealkylation sites (tertiary alicyclic amines) is 1. The summed E-state index contributed by atoms with van der Waals surface area (Å²) in [6, 6.07) is 29.9. The fraction of sp³-hybridized carbons (Fsp3) is 0.400. The smallest absolute Gasteiger partial charge is 0.231 e. The van der Waals surface area contributed by atoms with Crippen molar-refractivity contribution in [3.63, 3.8) is 0 Å². The summed E-state index contributed by atoms with van der Waals surface area (Å²) in [6.45, 7) is 5.22. The maximum absolute atomic E-state index is 14.2. The molecule has 262 valence electrons. The lowest BCUT2D eigenvalue weighted by atomic mass is 9.73. The number of fused-ring (bicyclic) bond motifs is 1. The zero-order valence-electron chi connectivity index (χ0n) is 29.4. The molecule has 2 N–H and O–H groups in total. The number of aromatic nitrogens is 2. The number of methoxy groups -OCH3 is 3. The summed E-state index contributed by atoms with van der Waals surface area (Å²) in [5, 5.41) is 7.07. The number of amides is 1. The summed E-state index contributed by atoms with van der Waals surface area (Å²) in [5.74, 6) is 2.08. The molecule has 50 heavy (non-hydrogen) atoms. The quantitative estimate of drug-likeness (QED) is 0.141. The van der Waals surface area contributed by atoms with Crippen LogP contribution in [0.4, 0.5) is 5.95 Å². The van der Waals surface area contributed by atoms with Crippen LogP contribution in [0, 0.1) is 6.92 Å². The van der Waals surface area contributed by atoms with Crippen LogP contribution in [0.15, 0.2) is 95.4 Å². The molecule has 0 aliphatic carbocycles. The Morgan fingerprint density at radius 2 is 1.66 bits per heavy atom. The van der Waals surface area contributed by atoms with Crippen LogP contribution in [0.5, 0.6) is 5.75 Å². The number of rotatable bonds is 13. The van der Waals surface area contributed by atoms with E-state index in [-0.39, 0.29) is 11.9 Å². The zero-order valence-corrected chi connectivity index (χ0v) is 29.4. The topological polar surface area (TPSA) is 103 Å². The number of nitrogens with zero attached hydrogens (tertiary/aromatic N) is 3. The van der Waals surface area contributed by atoms with E-state index in [1.807, 2.05) is 73.7 Å². The molecule has 2 saturated heterocycles. The van der Waals surface area contributed by atoms with E-state index in [1.54, 1.807) is 21.3 Å². The lowest BCUT2D eigenvalue weighted by molar-refractivity contribution is -0.234. The number of piperidine rings is 1. The molecule has 10 heteroatoms. The summed E-state index contributed by atoms with van der Waals surface area (Å²) >= 11 is 0. The molecular weight excluding hydrogens is 630 g/mol. The maximum Gasteiger partial charge on any atom is 0.231 e. The minimum atomic E-state index is -1.23. The van der Waals surface area contributed by atoms with Gasteiger partial charge in [-0.1, -0.05) is 54.6 Å². The van der Waals surface area contributed by atoms with Crippen molar-refractivity contribution in [2.75, 3.05) is 46.3 Å². The lowest BCUT2D eigenvalue weighted by Gasteiger charge is -2.38. The highest BCUT2D eigenvalue weighted by atomic mass is 16.7. The van der Waals surface area contributed by atoms with Crippen molar-refractivity contribution in [2.24, 2.45) is 0 Å². The van der Waals surface area contributed by atoms with E-state index < -0.39 is 17.2 Å². The van der Waals surface area contributed by atoms with E-state index >= 15 is 0 Å². The summed E-state index contributed by atoms with van der Waals surface area (Å²) in [5.41, 5.74) is 3.04. The molecule has 0 radical (unpaired) electrons. The van der Waals surface area contributed by atoms with Gasteiger partial charge in [-0.2, -0.15) is 0 Å². The molecule has 2 aromatic heterocycles. The number of furan rings is 1. The van der Waals surface area contributed by atoms with Gasteiger partial charge in [0.25, 0.3) is 0 Å². The largest absolute Gasteiger partial charge is 0.496 e. The third kappa shape index (κ3) is 6.27. The molecule has 2 fully saturated rings. The number of para-hydroxylation sites is 3. The second-order valence-corrected chi connectivity index (χ2v) is 13.5. The van der Waals surface area contributed by atoms with E-state index in [0.717, 1.165) is 72.1 Å². The van der Waals surface area contributed by atoms with Gasteiger partial charge in [0, 0.05) is 33.4 Å². The SMILES string of the molecule is COc1ccccc1C(OC)(OC)C1CC(CCN2CCC(Nc3nc4ccccc4n3Cc3ccc(C)o3)CC2)(c2ccccc2)C(=O)N1. The van der Waals surface area contributed by atoms with Crippen LogP contribution in [0.25, 0.3) is 11.0 Å². The third-order valence-corrected chi connectivity index (χ3v) is 10.7. The van der Waals surface area contributed by atoms with Crippen LogP contribution >= 0.6 is 0 Å². The number of ether oxygens (including phenoxy) is 3. The number of carbonyl (C=O) groups excluding carboxylic acids is 1. The standard InChI is InChI=1S/C40H47N5O5/c1-28-18-19-31(50-28)27-45-34-16-10-9-15-33(34)42-38(45)41-30-20-23-44(24-21-30)25-22-39(29-12-6-5-7-13-29)26-36(43-37(39)46)40(48-3,49-4)32-14-8-11-17-35(32)47-2/h5-19,30,36H,20-27H2,1-4H3,(H,41,42)(H,43,46). The highest BCUT2D eigenvalue weighted by Gasteiger charge is 2.56. The first-order valence-electron chi connectivity index (χ1n) is 17.5. The molecule has 2 unspecified atom stereocenters. The molecule has 5 aromatic rings. The minimum Gasteiger partial charge on any atom is -0.496 e. The van der Waals surface area contributed by atoms with Gasteiger partial charge in [0.2, 0.25) is 17.6 Å². The Morgan fingerprint density at radius 1 is 0.940 bits per heavy atom. The fourth-order valence-electron chi connectivity index (χ4n) is 8.00. The molecule has 7 rings (SSSR count). The summed E-state index contributed by atoms with van der Waals surface area (Å²) in [4.78, 5) is 21.7. The van der Waals surface area contributed by atoms with E-state index in [0.29, 0.717) is 25.1 Å². The van der Waals surface area contributed by atoms with Crippen molar-refractivity contribution < 1.29 is 23.4 Å². The highest BCUT2D eigenvalue weighted by Crippen LogP contribution is 2.46. The van der Waals surface area contributed by atoms with Crippen LogP contribution in [-0.2, 0) is 32.0 Å². The van der Waals surface area contributed by atoms with E-state index in [9.17, 15) is 4.79 Å². The number of imidazole rings is 1. The number of nitrogens with one attached hydrogen (secondary N) is 2. The first-order chi connectivity index (χ1) is 24.4. The van der Waals surface area contributed by atoms with Crippen LogP contribution in [0.1, 0.15) is 48.3 Å². The van der Waals surface area contributed by atoms with Crippen molar-refractivity contribution >= 4 is 22.9 Å². The Balaban J connectivity index is 1.06. The predicted octanol–water partition coefficient (Wildman–Crippen LogP) is 6.23. The van der Waals surface area contributed by atoms with Gasteiger partial charge in [-0.25, -0.2) is 4.98 Å². The van der Waals surface area contributed by atoms with Crippen molar-refractivity contribution in [1.29, 1.82) is 0 Å². The third-order valence-electron chi connectivity index (χ3n) is 10.7.